The van der Waals surface area contributed by atoms with Gasteiger partial charge in [0.1, 0.15) is 0 Å². The van der Waals surface area contributed by atoms with Gasteiger partial charge in [-0.15, -0.1) is 10.2 Å². The van der Waals surface area contributed by atoms with Gasteiger partial charge in [0.15, 0.2) is 0 Å². The van der Waals surface area contributed by atoms with E-state index < -0.39 is 0 Å². The fourth-order valence-corrected chi connectivity index (χ4v) is 2.93. The summed E-state index contributed by atoms with van der Waals surface area (Å²) in [5.41, 5.74) is 0.702. The lowest BCUT2D eigenvalue weighted by molar-refractivity contribution is 0.189. The number of halogens is 1. The molecule has 2 heterocycles. The van der Waals surface area contributed by atoms with E-state index in [4.69, 9.17) is 16.0 Å². The maximum Gasteiger partial charge on any atom is 0.321 e. The number of hydrogen-bond acceptors (Lipinski definition) is 4. The first kappa shape index (κ1) is 16.8. The van der Waals surface area contributed by atoms with Crippen LogP contribution in [0.2, 0.25) is 5.02 Å². The number of urea groups is 1. The lowest BCUT2D eigenvalue weighted by atomic mass is 9.97. The van der Waals surface area contributed by atoms with E-state index in [0.717, 1.165) is 12.8 Å². The van der Waals surface area contributed by atoms with Crippen molar-refractivity contribution in [1.82, 2.24) is 15.1 Å². The highest BCUT2D eigenvalue weighted by atomic mass is 35.5. The predicted molar refractivity (Wildman–Crippen MR) is 92.4 cm³/mol. The van der Waals surface area contributed by atoms with Crippen molar-refractivity contribution in [2.24, 2.45) is 0 Å². The molecule has 1 aliphatic heterocycles. The molecular formula is C17H21ClN4O2. The largest absolute Gasteiger partial charge is 0.425 e. The maximum absolute atomic E-state index is 12.3. The molecule has 7 heteroatoms. The van der Waals surface area contributed by atoms with E-state index in [9.17, 15) is 4.79 Å². The number of anilines is 1. The Bertz CT molecular complexity index is 708. The molecule has 0 spiro atoms. The van der Waals surface area contributed by atoms with Crippen molar-refractivity contribution in [2.75, 3.05) is 18.4 Å². The van der Waals surface area contributed by atoms with E-state index in [0.29, 0.717) is 35.6 Å². The van der Waals surface area contributed by atoms with Crippen molar-refractivity contribution >= 4 is 23.3 Å². The Hall–Kier alpha value is -2.08. The first-order valence-electron chi connectivity index (χ1n) is 8.17. The number of aromatic nitrogens is 2. The molecule has 0 atom stereocenters. The molecule has 1 N–H and O–H groups in total. The highest BCUT2D eigenvalue weighted by Crippen LogP contribution is 2.28. The third-order valence-corrected chi connectivity index (χ3v) is 4.39. The molecule has 1 fully saturated rings. The highest BCUT2D eigenvalue weighted by molar-refractivity contribution is 6.30. The summed E-state index contributed by atoms with van der Waals surface area (Å²) in [5, 5.41) is 11.7. The number of likely N-dealkylation sites (tertiary alicyclic amines) is 1. The van der Waals surface area contributed by atoms with Crippen molar-refractivity contribution in [3.8, 4) is 0 Å². The summed E-state index contributed by atoms with van der Waals surface area (Å²) in [6, 6.07) is 7.04. The van der Waals surface area contributed by atoms with Crippen LogP contribution in [0.15, 0.2) is 28.7 Å². The summed E-state index contributed by atoms with van der Waals surface area (Å²) >= 11 is 5.94. The van der Waals surface area contributed by atoms with Gasteiger partial charge in [0.2, 0.25) is 11.8 Å². The molecule has 24 heavy (non-hydrogen) atoms. The topological polar surface area (TPSA) is 71.3 Å². The summed E-state index contributed by atoms with van der Waals surface area (Å²) in [4.78, 5) is 14.1. The monoisotopic (exact) mass is 348 g/mol. The summed E-state index contributed by atoms with van der Waals surface area (Å²) < 4.78 is 5.73. The second-order valence-corrected chi connectivity index (χ2v) is 6.77. The molecule has 1 aliphatic rings. The minimum atomic E-state index is -0.107. The molecule has 1 saturated heterocycles. The molecule has 0 unspecified atom stereocenters. The summed E-state index contributed by atoms with van der Waals surface area (Å²) in [6.07, 6.45) is 1.64. The zero-order chi connectivity index (χ0) is 17.1. The number of amides is 2. The molecule has 1 aromatic heterocycles. The third-order valence-electron chi connectivity index (χ3n) is 4.16. The van der Waals surface area contributed by atoms with Crippen LogP contribution in [0, 0.1) is 0 Å². The Balaban J connectivity index is 1.55. The first-order valence-corrected chi connectivity index (χ1v) is 8.55. The number of nitrogens with zero attached hydrogens (tertiary/aromatic N) is 3. The van der Waals surface area contributed by atoms with Crippen molar-refractivity contribution in [3.63, 3.8) is 0 Å². The Morgan fingerprint density at radius 1 is 1.33 bits per heavy atom. The normalized spacial score (nSPS) is 15.8. The second kappa shape index (κ2) is 7.21. The summed E-state index contributed by atoms with van der Waals surface area (Å²) in [5.74, 6) is 1.81. The molecule has 0 radical (unpaired) electrons. The van der Waals surface area contributed by atoms with Gasteiger partial charge < -0.3 is 14.6 Å². The average Bonchev–Trinajstić information content (AvgIpc) is 3.05. The van der Waals surface area contributed by atoms with Gasteiger partial charge in [-0.05, 0) is 31.0 Å². The van der Waals surface area contributed by atoms with Gasteiger partial charge in [0.25, 0.3) is 0 Å². The van der Waals surface area contributed by atoms with Crippen molar-refractivity contribution in [2.45, 2.75) is 38.5 Å². The lowest BCUT2D eigenvalue weighted by Gasteiger charge is -2.30. The van der Waals surface area contributed by atoms with Gasteiger partial charge in [0, 0.05) is 35.6 Å². The third kappa shape index (κ3) is 3.87. The number of rotatable bonds is 3. The van der Waals surface area contributed by atoms with E-state index >= 15 is 0 Å². The molecular weight excluding hydrogens is 328 g/mol. The number of nitrogens with one attached hydrogen (secondary N) is 1. The van der Waals surface area contributed by atoms with Gasteiger partial charge in [-0.1, -0.05) is 31.5 Å². The molecule has 2 aromatic rings. The molecule has 0 bridgehead atoms. The fraction of sp³-hybridized carbons (Fsp3) is 0.471. The highest BCUT2D eigenvalue weighted by Gasteiger charge is 2.27. The predicted octanol–water partition coefficient (Wildman–Crippen LogP) is 4.26. The van der Waals surface area contributed by atoms with Gasteiger partial charge in [-0.3, -0.25) is 0 Å². The molecule has 1 aromatic carbocycles. The minimum Gasteiger partial charge on any atom is -0.425 e. The quantitative estimate of drug-likeness (QED) is 0.899. The van der Waals surface area contributed by atoms with E-state index in [1.807, 2.05) is 26.0 Å². The zero-order valence-corrected chi connectivity index (χ0v) is 14.6. The van der Waals surface area contributed by atoms with Gasteiger partial charge >= 0.3 is 6.03 Å². The molecule has 128 valence electrons. The summed E-state index contributed by atoms with van der Waals surface area (Å²) in [7, 11) is 0. The number of piperidine rings is 1. The fourth-order valence-electron chi connectivity index (χ4n) is 2.74. The van der Waals surface area contributed by atoms with Crippen LogP contribution in [0.5, 0.6) is 0 Å². The van der Waals surface area contributed by atoms with E-state index in [-0.39, 0.29) is 17.9 Å². The van der Waals surface area contributed by atoms with Crippen LogP contribution < -0.4 is 5.32 Å². The summed E-state index contributed by atoms with van der Waals surface area (Å²) in [6.45, 7) is 5.38. The first-order chi connectivity index (χ1) is 11.5. The number of carbonyl (C=O) groups is 1. The van der Waals surface area contributed by atoms with Crippen LogP contribution in [-0.4, -0.2) is 34.2 Å². The van der Waals surface area contributed by atoms with Crippen molar-refractivity contribution in [3.05, 3.63) is 41.1 Å². The van der Waals surface area contributed by atoms with Gasteiger partial charge in [-0.2, -0.15) is 0 Å². The molecule has 0 saturated carbocycles. The van der Waals surface area contributed by atoms with Crippen LogP contribution in [-0.2, 0) is 0 Å². The van der Waals surface area contributed by atoms with Crippen molar-refractivity contribution in [1.29, 1.82) is 0 Å². The smallest absolute Gasteiger partial charge is 0.321 e. The van der Waals surface area contributed by atoms with Crippen LogP contribution in [0.4, 0.5) is 10.5 Å². The Kier molecular flexibility index (Phi) is 5.04. The van der Waals surface area contributed by atoms with Gasteiger partial charge in [0.05, 0.1) is 0 Å². The van der Waals surface area contributed by atoms with E-state index in [1.165, 1.54) is 0 Å². The van der Waals surface area contributed by atoms with Crippen LogP contribution in [0.1, 0.15) is 50.3 Å². The van der Waals surface area contributed by atoms with Crippen LogP contribution in [0.3, 0.4) is 0 Å². The van der Waals surface area contributed by atoms with Crippen LogP contribution in [0.25, 0.3) is 0 Å². The number of benzene rings is 1. The van der Waals surface area contributed by atoms with Crippen molar-refractivity contribution < 1.29 is 9.21 Å². The Morgan fingerprint density at radius 3 is 2.71 bits per heavy atom. The average molecular weight is 349 g/mol. The SMILES string of the molecule is CC(C)c1nnc(C2CCN(C(=O)Nc3cccc(Cl)c3)CC2)o1. The molecule has 6 nitrogen and oxygen atoms in total. The van der Waals surface area contributed by atoms with E-state index in [1.54, 1.807) is 17.0 Å². The molecule has 3 rings (SSSR count). The standard InChI is InChI=1S/C17H21ClN4O2/c1-11(2)15-20-21-16(24-15)12-6-8-22(9-7-12)17(23)19-14-5-3-4-13(18)10-14/h3-5,10-12H,6-9H2,1-2H3,(H,19,23). The number of hydrogen-bond donors (Lipinski definition) is 1. The maximum atomic E-state index is 12.3. The lowest BCUT2D eigenvalue weighted by Crippen LogP contribution is -2.40. The zero-order valence-electron chi connectivity index (χ0n) is 13.8. The van der Waals surface area contributed by atoms with Gasteiger partial charge in [-0.25, -0.2) is 4.79 Å². The second-order valence-electron chi connectivity index (χ2n) is 6.34. The molecule has 2 amide bonds. The Labute approximate surface area is 146 Å². The Morgan fingerprint density at radius 2 is 2.08 bits per heavy atom. The number of carbonyl (C=O) groups excluding carboxylic acids is 1. The molecule has 0 aliphatic carbocycles. The van der Waals surface area contributed by atoms with E-state index in [2.05, 4.69) is 15.5 Å². The van der Waals surface area contributed by atoms with Crippen LogP contribution >= 0.6 is 11.6 Å². The minimum absolute atomic E-state index is 0.107.